The summed E-state index contributed by atoms with van der Waals surface area (Å²) in [6, 6.07) is 18.8. The molecule has 3 amide bonds. The van der Waals surface area contributed by atoms with Gasteiger partial charge in [0, 0.05) is 24.1 Å². The Morgan fingerprint density at radius 1 is 0.796 bits per heavy atom. The number of benzene rings is 3. The highest BCUT2D eigenvalue weighted by Gasteiger charge is 2.57. The van der Waals surface area contributed by atoms with E-state index in [9.17, 15) is 41.9 Å². The maximum Gasteiger partial charge on any atom is 0.452 e. The molecule has 4 atom stereocenters. The number of halogens is 3. The van der Waals surface area contributed by atoms with E-state index in [0.717, 1.165) is 16.0 Å². The van der Waals surface area contributed by atoms with E-state index in [-0.39, 0.29) is 43.5 Å². The fourth-order valence-electron chi connectivity index (χ4n) is 6.26. The van der Waals surface area contributed by atoms with Gasteiger partial charge in [0.1, 0.15) is 12.6 Å². The summed E-state index contributed by atoms with van der Waals surface area (Å²) in [6.45, 7) is 5.84. The highest BCUT2D eigenvalue weighted by Crippen LogP contribution is 2.35. The van der Waals surface area contributed by atoms with Gasteiger partial charge in [0.15, 0.2) is 11.3 Å². The average molecular weight is 751 g/mol. The van der Waals surface area contributed by atoms with E-state index in [1.807, 2.05) is 12.1 Å². The van der Waals surface area contributed by atoms with E-state index in [0.29, 0.717) is 0 Å². The molecule has 1 fully saturated rings. The molecule has 4 N–H and O–H groups in total. The number of nitrogens with one attached hydrogen (secondary N) is 2. The summed E-state index contributed by atoms with van der Waals surface area (Å²) in [7, 11) is 0. The molecular formula is C40H45F3N4O7. The average Bonchev–Trinajstić information content (AvgIpc) is 3.61. The van der Waals surface area contributed by atoms with Gasteiger partial charge >= 0.3 is 12.1 Å². The van der Waals surface area contributed by atoms with E-state index < -0.39 is 76.9 Å². The lowest BCUT2D eigenvalue weighted by Gasteiger charge is -2.39. The predicted octanol–water partition coefficient (Wildman–Crippen LogP) is 4.57. The molecule has 0 bridgehead atoms. The Balaban J connectivity index is 1.63. The van der Waals surface area contributed by atoms with Crippen LogP contribution >= 0.6 is 0 Å². The quantitative estimate of drug-likeness (QED) is 0.116. The first-order valence-corrected chi connectivity index (χ1v) is 17.7. The Bertz CT molecular complexity index is 1820. The van der Waals surface area contributed by atoms with Gasteiger partial charge in [-0.2, -0.15) is 13.2 Å². The molecule has 1 heterocycles. The van der Waals surface area contributed by atoms with Crippen molar-refractivity contribution in [2.45, 2.75) is 83.4 Å². The number of nitrogens with two attached hydrogens (primary N) is 1. The smallest absolute Gasteiger partial charge is 0.452 e. The van der Waals surface area contributed by atoms with Gasteiger partial charge in [0.25, 0.3) is 17.6 Å². The number of amides is 3. The van der Waals surface area contributed by atoms with E-state index >= 15 is 0 Å². The zero-order valence-electron chi connectivity index (χ0n) is 30.5. The molecule has 0 radical (unpaired) electrons. The molecule has 54 heavy (non-hydrogen) atoms. The van der Waals surface area contributed by atoms with Gasteiger partial charge in [-0.05, 0) is 47.9 Å². The molecule has 0 spiro atoms. The fraction of sp³-hybridized carbons (Fsp3) is 0.400. The zero-order chi connectivity index (χ0) is 39.8. The van der Waals surface area contributed by atoms with Crippen molar-refractivity contribution < 1.29 is 46.7 Å². The van der Waals surface area contributed by atoms with Gasteiger partial charge in [-0.15, -0.1) is 0 Å². The minimum Gasteiger partial charge on any atom is -0.459 e. The van der Waals surface area contributed by atoms with Crippen LogP contribution in [0.3, 0.4) is 0 Å². The van der Waals surface area contributed by atoms with E-state index in [1.54, 1.807) is 62.4 Å². The van der Waals surface area contributed by atoms with Crippen molar-refractivity contribution in [3.05, 3.63) is 107 Å². The molecule has 1 saturated heterocycles. The first-order valence-electron chi connectivity index (χ1n) is 17.7. The van der Waals surface area contributed by atoms with Gasteiger partial charge in [-0.3, -0.25) is 24.0 Å². The summed E-state index contributed by atoms with van der Waals surface area (Å²) in [5, 5.41) is 4.83. The molecule has 3 aromatic carbocycles. The van der Waals surface area contributed by atoms with Crippen molar-refractivity contribution in [1.29, 1.82) is 0 Å². The molecule has 1 aliphatic rings. The van der Waals surface area contributed by atoms with Crippen molar-refractivity contribution in [3.8, 4) is 0 Å². The summed E-state index contributed by atoms with van der Waals surface area (Å²) < 4.78 is 46.1. The normalized spacial score (nSPS) is 17.4. The number of carbonyl (C=O) groups is 6. The van der Waals surface area contributed by atoms with Crippen LogP contribution in [0.25, 0.3) is 0 Å². The molecule has 0 aliphatic carbocycles. The van der Waals surface area contributed by atoms with Gasteiger partial charge < -0.3 is 26.0 Å². The number of ether oxygens (including phenoxy) is 1. The van der Waals surface area contributed by atoms with Crippen LogP contribution in [-0.2, 0) is 36.9 Å². The highest BCUT2D eigenvalue weighted by atomic mass is 19.4. The third-order valence-corrected chi connectivity index (χ3v) is 9.42. The van der Waals surface area contributed by atoms with Gasteiger partial charge in [-0.1, -0.05) is 100 Å². The van der Waals surface area contributed by atoms with Crippen molar-refractivity contribution in [3.63, 3.8) is 0 Å². The molecular weight excluding hydrogens is 705 g/mol. The Labute approximate surface area is 311 Å². The first-order chi connectivity index (χ1) is 25.5. The lowest BCUT2D eigenvalue weighted by Crippen LogP contribution is -2.67. The molecule has 0 saturated carbocycles. The summed E-state index contributed by atoms with van der Waals surface area (Å²) in [5.74, 6) is -7.91. The number of rotatable bonds is 15. The molecule has 1 aliphatic heterocycles. The number of ketones is 2. The predicted molar refractivity (Wildman–Crippen MR) is 193 cm³/mol. The number of esters is 1. The number of carbonyl (C=O) groups excluding carboxylic acids is 6. The van der Waals surface area contributed by atoms with Crippen molar-refractivity contribution in [1.82, 2.24) is 15.5 Å². The molecule has 4 rings (SSSR count). The number of hydrogen-bond acceptors (Lipinski definition) is 8. The Hall–Kier alpha value is -5.37. The number of likely N-dealkylation sites (tertiary alicyclic amines) is 1. The largest absolute Gasteiger partial charge is 0.459 e. The third kappa shape index (κ3) is 9.59. The molecule has 3 aromatic rings. The monoisotopic (exact) mass is 750 g/mol. The minimum atomic E-state index is -5.28. The summed E-state index contributed by atoms with van der Waals surface area (Å²) in [4.78, 5) is 82.2. The van der Waals surface area contributed by atoms with Gasteiger partial charge in [-0.25, -0.2) is 4.79 Å². The Morgan fingerprint density at radius 3 is 1.89 bits per heavy atom. The number of Topliss-reactive ketones (excluding diaryl/α,β-unsaturated/α-hetero) is 2. The molecule has 1 unspecified atom stereocenters. The second kappa shape index (κ2) is 17.6. The van der Waals surface area contributed by atoms with Crippen LogP contribution in [0.2, 0.25) is 0 Å². The van der Waals surface area contributed by atoms with Gasteiger partial charge in [0.2, 0.25) is 5.91 Å². The molecule has 14 heteroatoms. The van der Waals surface area contributed by atoms with Crippen LogP contribution in [-0.4, -0.2) is 76.5 Å². The maximum absolute atomic E-state index is 14.4. The first kappa shape index (κ1) is 41.4. The molecule has 11 nitrogen and oxygen atoms in total. The third-order valence-electron chi connectivity index (χ3n) is 9.42. The Kier molecular flexibility index (Phi) is 13.5. The van der Waals surface area contributed by atoms with E-state index in [4.69, 9.17) is 10.5 Å². The summed E-state index contributed by atoms with van der Waals surface area (Å²) in [6.07, 6.45) is -5.28. The highest BCUT2D eigenvalue weighted by molar-refractivity contribution is 6.20. The fourth-order valence-corrected chi connectivity index (χ4v) is 6.26. The zero-order valence-corrected chi connectivity index (χ0v) is 30.5. The second-order valence-electron chi connectivity index (χ2n) is 14.0. The van der Waals surface area contributed by atoms with Crippen LogP contribution in [0, 0.1) is 11.8 Å². The van der Waals surface area contributed by atoms with Crippen LogP contribution < -0.4 is 16.4 Å². The van der Waals surface area contributed by atoms with Crippen LogP contribution in [0.15, 0.2) is 84.9 Å². The van der Waals surface area contributed by atoms with Crippen molar-refractivity contribution >= 4 is 35.3 Å². The van der Waals surface area contributed by atoms with Crippen LogP contribution in [0.5, 0.6) is 0 Å². The Morgan fingerprint density at radius 2 is 1.35 bits per heavy atom. The lowest BCUT2D eigenvalue weighted by molar-refractivity contribution is -0.175. The van der Waals surface area contributed by atoms with E-state index in [1.165, 1.54) is 38.1 Å². The number of nitrogens with zero attached hydrogens (tertiary/aromatic N) is 1. The topological polar surface area (TPSA) is 165 Å². The number of alkyl halides is 3. The summed E-state index contributed by atoms with van der Waals surface area (Å²) in [5.41, 5.74) is 5.23. The second-order valence-corrected chi connectivity index (χ2v) is 14.0. The SMILES string of the molecule is CC(C)C(NC(=O)[C@]1(C(=O)c2ccc(C(=O)N[C@H](Cc3ccccc3)C(=O)OCc3ccccc3)cc2)CCCN1C(=O)[C@@H](N)C(C)C)C(=O)C(F)(F)F. The van der Waals surface area contributed by atoms with Crippen LogP contribution in [0.4, 0.5) is 13.2 Å². The van der Waals surface area contributed by atoms with E-state index in [2.05, 4.69) is 10.6 Å². The van der Waals surface area contributed by atoms with Gasteiger partial charge in [0.05, 0.1) is 12.1 Å². The molecule has 288 valence electrons. The maximum atomic E-state index is 14.4. The van der Waals surface area contributed by atoms with Crippen LogP contribution in [0.1, 0.15) is 72.4 Å². The summed E-state index contributed by atoms with van der Waals surface area (Å²) >= 11 is 0. The van der Waals surface area contributed by atoms with Crippen molar-refractivity contribution in [2.24, 2.45) is 17.6 Å². The standard InChI is InChI=1S/C40H45F3N4O7/c1-24(2)31(44)36(51)47-21-11-20-39(47,38(53)46-32(25(3)4)34(49)40(41,42)43)33(48)28-16-18-29(19-17-28)35(50)45-30(22-26-12-7-5-8-13-26)37(52)54-23-27-14-9-6-10-15-27/h5-10,12-19,24-25,30-32H,11,20-23,44H2,1-4H3,(H,45,50)(H,46,53)/t30-,31+,32?,39-/m1/s1. The van der Waals surface area contributed by atoms with Crippen molar-refractivity contribution in [2.75, 3.05) is 6.54 Å². The number of hydrogen-bond donors (Lipinski definition) is 3. The lowest BCUT2D eigenvalue weighted by atomic mass is 9.83. The minimum absolute atomic E-state index is 0.0170. The molecule has 0 aromatic heterocycles.